The summed E-state index contributed by atoms with van der Waals surface area (Å²) in [6.45, 7) is 6.66. The van der Waals surface area contributed by atoms with Crippen molar-refractivity contribution in [3.05, 3.63) is 48.6 Å². The molecule has 3 nitrogen and oxygen atoms in total. The lowest BCUT2D eigenvalue weighted by Crippen LogP contribution is -2.49. The molecule has 0 bridgehead atoms. The highest BCUT2D eigenvalue weighted by molar-refractivity contribution is 5.91. The van der Waals surface area contributed by atoms with Crippen LogP contribution < -0.4 is 0 Å². The van der Waals surface area contributed by atoms with Gasteiger partial charge in [0.1, 0.15) is 0 Å². The van der Waals surface area contributed by atoms with E-state index in [1.165, 1.54) is 0 Å². The van der Waals surface area contributed by atoms with E-state index in [0.29, 0.717) is 19.6 Å². The van der Waals surface area contributed by atoms with Crippen LogP contribution in [-0.4, -0.2) is 24.6 Å². The van der Waals surface area contributed by atoms with Crippen LogP contribution in [0.2, 0.25) is 0 Å². The van der Waals surface area contributed by atoms with E-state index in [2.05, 4.69) is 6.58 Å². The summed E-state index contributed by atoms with van der Waals surface area (Å²) in [6.07, 6.45) is 2.04. The van der Waals surface area contributed by atoms with Crippen molar-refractivity contribution in [3.8, 4) is 0 Å². The normalized spacial score (nSPS) is 37.9. The predicted octanol–water partition coefficient (Wildman–Crippen LogP) is 2.68. The lowest BCUT2D eigenvalue weighted by atomic mass is 9.74. The second-order valence-corrected chi connectivity index (χ2v) is 5.59. The number of carbonyl (C=O) groups excluding carboxylic acids is 1. The van der Waals surface area contributed by atoms with Crippen molar-refractivity contribution in [1.82, 2.24) is 0 Å². The van der Waals surface area contributed by atoms with Crippen LogP contribution in [0.3, 0.4) is 0 Å². The Morgan fingerprint density at radius 2 is 2.05 bits per heavy atom. The van der Waals surface area contributed by atoms with Gasteiger partial charge in [-0.05, 0) is 5.56 Å². The topological polar surface area (TPSA) is 35.5 Å². The Kier molecular flexibility index (Phi) is 2.84. The summed E-state index contributed by atoms with van der Waals surface area (Å²) in [7, 11) is 0. The van der Waals surface area contributed by atoms with E-state index >= 15 is 0 Å². The fourth-order valence-electron chi connectivity index (χ4n) is 3.02. The minimum atomic E-state index is -0.852. The average Bonchev–Trinajstić information content (AvgIpc) is 2.95. The minimum Gasteiger partial charge on any atom is -0.377 e. The molecule has 0 radical (unpaired) electrons. The second kappa shape index (κ2) is 4.29. The molecular weight excluding hydrogens is 240 g/mol. The molecule has 0 N–H and O–H groups in total. The third kappa shape index (κ3) is 1.69. The number of hydrogen-bond donors (Lipinski definition) is 0. The molecule has 0 aliphatic carbocycles. The second-order valence-electron chi connectivity index (χ2n) is 5.59. The largest absolute Gasteiger partial charge is 0.377 e. The van der Waals surface area contributed by atoms with Gasteiger partial charge in [0.2, 0.25) is 0 Å². The summed E-state index contributed by atoms with van der Waals surface area (Å²) in [5, 5.41) is 0. The van der Waals surface area contributed by atoms with Crippen LogP contribution >= 0.6 is 0 Å². The number of ether oxygens (including phenoxy) is 2. The zero-order valence-corrected chi connectivity index (χ0v) is 11.1. The molecule has 100 valence electrons. The maximum absolute atomic E-state index is 12.5. The number of hydrogen-bond acceptors (Lipinski definition) is 3. The predicted molar refractivity (Wildman–Crippen MR) is 71.7 cm³/mol. The van der Waals surface area contributed by atoms with Gasteiger partial charge in [-0.25, -0.2) is 0 Å². The highest BCUT2D eigenvalue weighted by Crippen LogP contribution is 2.50. The van der Waals surface area contributed by atoms with Crippen molar-refractivity contribution < 1.29 is 14.3 Å². The Hall–Kier alpha value is -1.45. The monoisotopic (exact) mass is 258 g/mol. The molecule has 0 unspecified atom stereocenters. The SMILES string of the molecule is C=C[C@@]1(C)COC[C@@]12O[C@@H](c1ccccc1)CC2=O. The first-order valence-corrected chi connectivity index (χ1v) is 6.59. The molecule has 2 heterocycles. The van der Waals surface area contributed by atoms with E-state index in [4.69, 9.17) is 9.47 Å². The van der Waals surface area contributed by atoms with Crippen molar-refractivity contribution in [2.45, 2.75) is 25.0 Å². The Bertz CT molecular complexity index is 510. The van der Waals surface area contributed by atoms with Crippen LogP contribution in [0.5, 0.6) is 0 Å². The molecular formula is C16H18O3. The van der Waals surface area contributed by atoms with Gasteiger partial charge in [-0.15, -0.1) is 6.58 Å². The summed E-state index contributed by atoms with van der Waals surface area (Å²) in [6, 6.07) is 9.89. The number of benzene rings is 1. The first kappa shape index (κ1) is 12.6. The molecule has 1 aromatic carbocycles. The van der Waals surface area contributed by atoms with Crippen molar-refractivity contribution >= 4 is 5.78 Å². The van der Waals surface area contributed by atoms with E-state index in [-0.39, 0.29) is 11.9 Å². The fraction of sp³-hybridized carbons (Fsp3) is 0.438. The maximum atomic E-state index is 12.5. The van der Waals surface area contributed by atoms with Crippen LogP contribution in [0.25, 0.3) is 0 Å². The quantitative estimate of drug-likeness (QED) is 0.765. The highest BCUT2D eigenvalue weighted by Gasteiger charge is 2.62. The summed E-state index contributed by atoms with van der Waals surface area (Å²) >= 11 is 0. The number of ketones is 1. The van der Waals surface area contributed by atoms with Gasteiger partial charge < -0.3 is 9.47 Å². The van der Waals surface area contributed by atoms with Crippen LogP contribution in [0.4, 0.5) is 0 Å². The Morgan fingerprint density at radius 1 is 1.32 bits per heavy atom. The standard InChI is InChI=1S/C16H18O3/c1-3-15(2)10-18-11-16(15)14(17)9-13(19-16)12-7-5-4-6-8-12/h3-8,13H,1,9-11H2,2H3/t13-,15+,16+/m1/s1. The summed E-state index contributed by atoms with van der Waals surface area (Å²) in [5.74, 6) is 0.126. The van der Waals surface area contributed by atoms with Gasteiger partial charge in [-0.1, -0.05) is 43.3 Å². The van der Waals surface area contributed by atoms with Crippen molar-refractivity contribution in [2.24, 2.45) is 5.41 Å². The lowest BCUT2D eigenvalue weighted by Gasteiger charge is -2.34. The van der Waals surface area contributed by atoms with Crippen molar-refractivity contribution in [3.63, 3.8) is 0 Å². The molecule has 3 heteroatoms. The van der Waals surface area contributed by atoms with Gasteiger partial charge in [0.15, 0.2) is 11.4 Å². The van der Waals surface area contributed by atoms with Gasteiger partial charge in [-0.3, -0.25) is 4.79 Å². The third-order valence-electron chi connectivity index (χ3n) is 4.42. The van der Waals surface area contributed by atoms with Crippen molar-refractivity contribution in [1.29, 1.82) is 0 Å². The van der Waals surface area contributed by atoms with E-state index in [9.17, 15) is 4.79 Å². The number of rotatable bonds is 2. The summed E-state index contributed by atoms with van der Waals surface area (Å²) in [5.41, 5.74) is -0.242. The van der Waals surface area contributed by atoms with Crippen molar-refractivity contribution in [2.75, 3.05) is 13.2 Å². The van der Waals surface area contributed by atoms with Gasteiger partial charge >= 0.3 is 0 Å². The molecule has 3 rings (SSSR count). The number of carbonyl (C=O) groups is 1. The lowest BCUT2D eigenvalue weighted by molar-refractivity contribution is -0.141. The fourth-order valence-corrected chi connectivity index (χ4v) is 3.02. The van der Waals surface area contributed by atoms with Gasteiger partial charge in [-0.2, -0.15) is 0 Å². The smallest absolute Gasteiger partial charge is 0.170 e. The molecule has 2 fully saturated rings. The first-order valence-electron chi connectivity index (χ1n) is 6.59. The molecule has 0 saturated carbocycles. The zero-order valence-electron chi connectivity index (χ0n) is 11.1. The van der Waals surface area contributed by atoms with Crippen LogP contribution in [0.15, 0.2) is 43.0 Å². The molecule has 2 saturated heterocycles. The van der Waals surface area contributed by atoms with Crippen LogP contribution in [-0.2, 0) is 14.3 Å². The number of Topliss-reactive ketones (excluding diaryl/α,β-unsaturated/α-hetero) is 1. The molecule has 1 aromatic rings. The first-order chi connectivity index (χ1) is 9.11. The Morgan fingerprint density at radius 3 is 2.74 bits per heavy atom. The maximum Gasteiger partial charge on any atom is 0.170 e. The van der Waals surface area contributed by atoms with Crippen LogP contribution in [0.1, 0.15) is 25.0 Å². The average molecular weight is 258 g/mol. The van der Waals surface area contributed by atoms with E-state index in [1.54, 1.807) is 6.08 Å². The van der Waals surface area contributed by atoms with Gasteiger partial charge in [0.05, 0.1) is 19.3 Å². The molecule has 1 spiro atoms. The Balaban J connectivity index is 1.94. The van der Waals surface area contributed by atoms with Crippen LogP contribution in [0, 0.1) is 5.41 Å². The molecule has 3 atom stereocenters. The van der Waals surface area contributed by atoms with E-state index in [0.717, 1.165) is 5.56 Å². The van der Waals surface area contributed by atoms with E-state index < -0.39 is 11.0 Å². The third-order valence-corrected chi connectivity index (χ3v) is 4.42. The zero-order chi connectivity index (χ0) is 13.5. The molecule has 2 aliphatic heterocycles. The van der Waals surface area contributed by atoms with E-state index in [1.807, 2.05) is 37.3 Å². The highest BCUT2D eigenvalue weighted by atomic mass is 16.6. The Labute approximate surface area is 113 Å². The molecule has 19 heavy (non-hydrogen) atoms. The molecule has 2 aliphatic rings. The molecule has 0 aromatic heterocycles. The molecule has 0 amide bonds. The summed E-state index contributed by atoms with van der Waals surface area (Å²) < 4.78 is 11.7. The van der Waals surface area contributed by atoms with Gasteiger partial charge in [0.25, 0.3) is 0 Å². The summed E-state index contributed by atoms with van der Waals surface area (Å²) in [4.78, 5) is 12.5. The minimum absolute atomic E-state index is 0.126. The van der Waals surface area contributed by atoms with Gasteiger partial charge in [0, 0.05) is 11.8 Å².